The highest BCUT2D eigenvalue weighted by molar-refractivity contribution is 9.10. The average Bonchev–Trinajstić information content (AvgIpc) is 2.70. The van der Waals surface area contributed by atoms with Gasteiger partial charge in [-0.1, -0.05) is 28.1 Å². The molecule has 0 bridgehead atoms. The van der Waals surface area contributed by atoms with Crippen molar-refractivity contribution in [2.75, 3.05) is 13.1 Å². The van der Waals surface area contributed by atoms with E-state index in [0.29, 0.717) is 5.92 Å². The van der Waals surface area contributed by atoms with Crippen molar-refractivity contribution in [3.8, 4) is 0 Å². The van der Waals surface area contributed by atoms with Crippen LogP contribution in [0.25, 0.3) is 0 Å². The van der Waals surface area contributed by atoms with E-state index < -0.39 is 0 Å². The Labute approximate surface area is 98.8 Å². The van der Waals surface area contributed by atoms with Gasteiger partial charge in [-0.25, -0.2) is 0 Å². The van der Waals surface area contributed by atoms with Crippen LogP contribution >= 0.6 is 15.9 Å². The summed E-state index contributed by atoms with van der Waals surface area (Å²) in [7, 11) is 0. The zero-order chi connectivity index (χ0) is 10.7. The molecule has 0 spiro atoms. The lowest BCUT2D eigenvalue weighted by Crippen LogP contribution is -2.24. The number of halogens is 1. The predicted molar refractivity (Wildman–Crippen MR) is 64.8 cm³/mol. The molecule has 3 heteroatoms. The zero-order valence-electron chi connectivity index (χ0n) is 8.62. The van der Waals surface area contributed by atoms with Crippen molar-refractivity contribution in [1.82, 2.24) is 5.32 Å². The summed E-state index contributed by atoms with van der Waals surface area (Å²) in [5, 5.41) is 13.3. The van der Waals surface area contributed by atoms with Crippen LogP contribution in [0.5, 0.6) is 0 Å². The second kappa shape index (κ2) is 5.10. The van der Waals surface area contributed by atoms with E-state index in [1.165, 1.54) is 5.56 Å². The third-order valence-corrected chi connectivity index (χ3v) is 3.47. The standard InChI is InChI=1S/C12H16BrNO/c13-11-3-1-2-9(6-11)7-12(15)10-4-5-14-8-10/h1-3,6,10,12,14-15H,4-5,7-8H2. The number of aliphatic hydroxyl groups excluding tert-OH is 1. The number of nitrogens with one attached hydrogen (secondary N) is 1. The largest absolute Gasteiger partial charge is 0.392 e. The lowest BCUT2D eigenvalue weighted by Gasteiger charge is -2.16. The van der Waals surface area contributed by atoms with Crippen LogP contribution in [0.2, 0.25) is 0 Å². The maximum absolute atomic E-state index is 10.0. The van der Waals surface area contributed by atoms with Gasteiger partial charge in [0, 0.05) is 11.0 Å². The monoisotopic (exact) mass is 269 g/mol. The highest BCUT2D eigenvalue weighted by Gasteiger charge is 2.22. The first kappa shape index (κ1) is 11.1. The lowest BCUT2D eigenvalue weighted by atomic mass is 9.95. The molecule has 1 saturated heterocycles. The fourth-order valence-corrected chi connectivity index (χ4v) is 2.52. The smallest absolute Gasteiger partial charge is 0.0621 e. The topological polar surface area (TPSA) is 32.3 Å². The molecule has 1 aromatic carbocycles. The van der Waals surface area contributed by atoms with E-state index in [4.69, 9.17) is 0 Å². The van der Waals surface area contributed by atoms with Crippen LogP contribution in [0.1, 0.15) is 12.0 Å². The highest BCUT2D eigenvalue weighted by atomic mass is 79.9. The molecular weight excluding hydrogens is 254 g/mol. The van der Waals surface area contributed by atoms with Crippen molar-refractivity contribution in [2.45, 2.75) is 18.9 Å². The number of hydrogen-bond acceptors (Lipinski definition) is 2. The first-order valence-corrected chi connectivity index (χ1v) is 6.18. The lowest BCUT2D eigenvalue weighted by molar-refractivity contribution is 0.117. The molecule has 15 heavy (non-hydrogen) atoms. The van der Waals surface area contributed by atoms with Gasteiger partial charge in [-0.2, -0.15) is 0 Å². The number of rotatable bonds is 3. The van der Waals surface area contributed by atoms with Gasteiger partial charge in [-0.15, -0.1) is 0 Å². The molecule has 1 fully saturated rings. The minimum atomic E-state index is -0.214. The van der Waals surface area contributed by atoms with Crippen LogP contribution in [0, 0.1) is 5.92 Å². The molecule has 0 aliphatic carbocycles. The Kier molecular flexibility index (Phi) is 3.78. The van der Waals surface area contributed by atoms with Crippen LogP contribution < -0.4 is 5.32 Å². The maximum Gasteiger partial charge on any atom is 0.0621 e. The van der Waals surface area contributed by atoms with Gasteiger partial charge in [-0.05, 0) is 43.0 Å². The van der Waals surface area contributed by atoms with Crippen LogP contribution in [0.15, 0.2) is 28.7 Å². The summed E-state index contributed by atoms with van der Waals surface area (Å²) < 4.78 is 1.08. The molecule has 1 aromatic rings. The molecule has 0 radical (unpaired) electrons. The van der Waals surface area contributed by atoms with Gasteiger partial charge in [0.2, 0.25) is 0 Å². The first-order chi connectivity index (χ1) is 7.25. The molecule has 0 saturated carbocycles. The van der Waals surface area contributed by atoms with Crippen molar-refractivity contribution in [2.24, 2.45) is 5.92 Å². The number of aliphatic hydroxyl groups is 1. The average molecular weight is 270 g/mol. The van der Waals surface area contributed by atoms with Gasteiger partial charge in [-0.3, -0.25) is 0 Å². The van der Waals surface area contributed by atoms with Crippen molar-refractivity contribution in [3.05, 3.63) is 34.3 Å². The van der Waals surface area contributed by atoms with E-state index in [1.54, 1.807) is 0 Å². The van der Waals surface area contributed by atoms with Gasteiger partial charge in [0.1, 0.15) is 0 Å². The fourth-order valence-electron chi connectivity index (χ4n) is 2.08. The van der Waals surface area contributed by atoms with Crippen LogP contribution in [-0.2, 0) is 6.42 Å². The molecule has 2 rings (SSSR count). The van der Waals surface area contributed by atoms with Gasteiger partial charge in [0.25, 0.3) is 0 Å². The summed E-state index contributed by atoms with van der Waals surface area (Å²) in [5.41, 5.74) is 1.20. The Morgan fingerprint density at radius 1 is 1.53 bits per heavy atom. The molecule has 0 amide bonds. The minimum Gasteiger partial charge on any atom is -0.392 e. The van der Waals surface area contributed by atoms with Gasteiger partial charge in [0.05, 0.1) is 6.10 Å². The maximum atomic E-state index is 10.0. The SMILES string of the molecule is OC(Cc1cccc(Br)c1)C1CCNC1. The third kappa shape index (κ3) is 3.03. The normalized spacial score (nSPS) is 22.9. The zero-order valence-corrected chi connectivity index (χ0v) is 10.2. The fraction of sp³-hybridized carbons (Fsp3) is 0.500. The molecule has 2 N–H and O–H groups in total. The highest BCUT2D eigenvalue weighted by Crippen LogP contribution is 2.19. The van der Waals surface area contributed by atoms with Crippen LogP contribution in [0.3, 0.4) is 0 Å². The van der Waals surface area contributed by atoms with Crippen molar-refractivity contribution in [3.63, 3.8) is 0 Å². The van der Waals surface area contributed by atoms with E-state index in [9.17, 15) is 5.11 Å². The van der Waals surface area contributed by atoms with E-state index in [2.05, 4.69) is 33.4 Å². The summed E-state index contributed by atoms with van der Waals surface area (Å²) in [6.45, 7) is 2.00. The second-order valence-corrected chi connectivity index (χ2v) is 5.07. The number of hydrogen-bond donors (Lipinski definition) is 2. The molecule has 82 valence electrons. The van der Waals surface area contributed by atoms with E-state index in [1.807, 2.05) is 12.1 Å². The molecule has 1 aliphatic heterocycles. The predicted octanol–water partition coefficient (Wildman–Crippen LogP) is 1.96. The summed E-state index contributed by atoms with van der Waals surface area (Å²) in [6.07, 6.45) is 1.63. The molecule has 0 aromatic heterocycles. The van der Waals surface area contributed by atoms with E-state index in [0.717, 1.165) is 30.4 Å². The molecule has 2 nitrogen and oxygen atoms in total. The molecular formula is C12H16BrNO. The Morgan fingerprint density at radius 2 is 2.40 bits per heavy atom. The number of benzene rings is 1. The summed E-state index contributed by atoms with van der Waals surface area (Å²) >= 11 is 3.44. The van der Waals surface area contributed by atoms with Crippen molar-refractivity contribution in [1.29, 1.82) is 0 Å². The summed E-state index contributed by atoms with van der Waals surface area (Å²) in [5.74, 6) is 0.420. The third-order valence-electron chi connectivity index (χ3n) is 2.98. The Bertz CT molecular complexity index is 323. The van der Waals surface area contributed by atoms with Crippen molar-refractivity contribution >= 4 is 15.9 Å². The first-order valence-electron chi connectivity index (χ1n) is 5.39. The second-order valence-electron chi connectivity index (χ2n) is 4.15. The van der Waals surface area contributed by atoms with Crippen molar-refractivity contribution < 1.29 is 5.11 Å². The van der Waals surface area contributed by atoms with Crippen LogP contribution in [0.4, 0.5) is 0 Å². The molecule has 1 aliphatic rings. The molecule has 2 unspecified atom stereocenters. The van der Waals surface area contributed by atoms with Gasteiger partial charge in [0.15, 0.2) is 0 Å². The van der Waals surface area contributed by atoms with E-state index >= 15 is 0 Å². The molecule has 2 atom stereocenters. The summed E-state index contributed by atoms with van der Waals surface area (Å²) in [4.78, 5) is 0. The van der Waals surface area contributed by atoms with Gasteiger partial charge >= 0.3 is 0 Å². The quantitative estimate of drug-likeness (QED) is 0.880. The van der Waals surface area contributed by atoms with Gasteiger partial charge < -0.3 is 10.4 Å². The molecule has 1 heterocycles. The summed E-state index contributed by atoms with van der Waals surface area (Å²) in [6, 6.07) is 8.16. The Balaban J connectivity index is 1.95. The van der Waals surface area contributed by atoms with E-state index in [-0.39, 0.29) is 6.10 Å². The Hall–Kier alpha value is -0.380. The van der Waals surface area contributed by atoms with Crippen LogP contribution in [-0.4, -0.2) is 24.3 Å². The minimum absolute atomic E-state index is 0.214. The Morgan fingerprint density at radius 3 is 3.07 bits per heavy atom.